The molecular weight excluding hydrogens is 256 g/mol. The van der Waals surface area contributed by atoms with Crippen LogP contribution >= 0.6 is 0 Å². The Hall–Kier alpha value is -0.810. The molecular formula is C15H30N2O3. The molecule has 1 heterocycles. The largest absolute Gasteiger partial charge is 0.465 e. The number of amides is 1. The van der Waals surface area contributed by atoms with Crippen molar-refractivity contribution in [3.05, 3.63) is 0 Å². The first-order chi connectivity index (χ1) is 9.52. The zero-order valence-corrected chi connectivity index (χ0v) is 13.1. The molecule has 0 saturated carbocycles. The number of unbranched alkanes of at least 4 members (excludes halogenated alkanes) is 4. The minimum absolute atomic E-state index is 0.0806. The van der Waals surface area contributed by atoms with Crippen molar-refractivity contribution in [3.8, 4) is 0 Å². The van der Waals surface area contributed by atoms with Crippen molar-refractivity contribution in [3.63, 3.8) is 0 Å². The second kappa shape index (κ2) is 9.19. The van der Waals surface area contributed by atoms with Gasteiger partial charge < -0.3 is 15.2 Å². The van der Waals surface area contributed by atoms with Gasteiger partial charge in [0.25, 0.3) is 0 Å². The van der Waals surface area contributed by atoms with Gasteiger partial charge in [0.15, 0.2) is 0 Å². The molecule has 0 aliphatic carbocycles. The molecule has 0 aromatic carbocycles. The molecule has 0 bridgehead atoms. The highest BCUT2D eigenvalue weighted by Gasteiger charge is 2.28. The third-order valence-electron chi connectivity index (χ3n) is 3.76. The molecule has 20 heavy (non-hydrogen) atoms. The molecule has 1 amide bonds. The normalized spacial score (nSPS) is 25.4. The number of morpholine rings is 1. The van der Waals surface area contributed by atoms with E-state index in [0.29, 0.717) is 0 Å². The smallest absolute Gasteiger partial charge is 0.405 e. The molecule has 2 N–H and O–H groups in total. The maximum absolute atomic E-state index is 11.0. The lowest BCUT2D eigenvalue weighted by Crippen LogP contribution is -2.55. The third kappa shape index (κ3) is 6.57. The van der Waals surface area contributed by atoms with E-state index < -0.39 is 6.09 Å². The minimum atomic E-state index is -0.935. The summed E-state index contributed by atoms with van der Waals surface area (Å²) < 4.78 is 5.71. The average molecular weight is 286 g/mol. The van der Waals surface area contributed by atoms with Crippen molar-refractivity contribution in [2.75, 3.05) is 13.1 Å². The predicted octanol–water partition coefficient (Wildman–Crippen LogP) is 3.05. The van der Waals surface area contributed by atoms with Crippen LogP contribution in [0.4, 0.5) is 4.79 Å². The van der Waals surface area contributed by atoms with E-state index in [-0.39, 0.29) is 18.4 Å². The molecule has 3 atom stereocenters. The number of nitrogens with zero attached hydrogens (tertiary/aromatic N) is 1. The maximum atomic E-state index is 11.0. The van der Waals surface area contributed by atoms with Gasteiger partial charge in [-0.25, -0.2) is 4.79 Å². The maximum Gasteiger partial charge on any atom is 0.405 e. The second-order valence-corrected chi connectivity index (χ2v) is 5.88. The molecule has 1 aliphatic rings. The minimum Gasteiger partial charge on any atom is -0.465 e. The Balaban J connectivity index is 2.43. The SMILES string of the molecule is CCCCCCC[C@@H](NC(=O)O)N1C[C@@H](C)O[C@@H](C)C1. The van der Waals surface area contributed by atoms with Crippen LogP contribution in [0.5, 0.6) is 0 Å². The quantitative estimate of drug-likeness (QED) is 0.673. The van der Waals surface area contributed by atoms with Crippen molar-refractivity contribution in [2.24, 2.45) is 0 Å². The lowest BCUT2D eigenvalue weighted by atomic mass is 10.1. The lowest BCUT2D eigenvalue weighted by molar-refractivity contribution is -0.0845. The van der Waals surface area contributed by atoms with Gasteiger partial charge >= 0.3 is 6.09 Å². The zero-order chi connectivity index (χ0) is 15.0. The standard InChI is InChI=1S/C15H30N2O3/c1-4-5-6-7-8-9-14(16-15(18)19)17-10-12(2)20-13(3)11-17/h12-14,16H,4-11H2,1-3H3,(H,18,19)/t12-,13+,14-/m0/s1. The first kappa shape index (κ1) is 17.2. The highest BCUT2D eigenvalue weighted by molar-refractivity contribution is 5.64. The number of carbonyl (C=O) groups is 1. The van der Waals surface area contributed by atoms with E-state index in [1.165, 1.54) is 25.7 Å². The Bertz CT molecular complexity index is 276. The van der Waals surface area contributed by atoms with Crippen LogP contribution in [0.15, 0.2) is 0 Å². The van der Waals surface area contributed by atoms with Crippen LogP contribution in [0.1, 0.15) is 59.3 Å². The van der Waals surface area contributed by atoms with Gasteiger partial charge in [-0.1, -0.05) is 39.0 Å². The summed E-state index contributed by atoms with van der Waals surface area (Å²) in [4.78, 5) is 13.2. The topological polar surface area (TPSA) is 61.8 Å². The fourth-order valence-electron chi connectivity index (χ4n) is 2.90. The molecule has 0 radical (unpaired) electrons. The number of nitrogens with one attached hydrogen (secondary N) is 1. The Morgan fingerprint density at radius 3 is 2.40 bits per heavy atom. The van der Waals surface area contributed by atoms with Crippen LogP contribution in [0.25, 0.3) is 0 Å². The average Bonchev–Trinajstić information content (AvgIpc) is 2.35. The van der Waals surface area contributed by atoms with Crippen molar-refractivity contribution in [1.29, 1.82) is 0 Å². The van der Waals surface area contributed by atoms with Crippen LogP contribution in [0.2, 0.25) is 0 Å². The Kier molecular flexibility index (Phi) is 7.92. The highest BCUT2D eigenvalue weighted by Crippen LogP contribution is 2.16. The monoisotopic (exact) mass is 286 g/mol. The molecule has 0 unspecified atom stereocenters. The van der Waals surface area contributed by atoms with Gasteiger partial charge in [-0.15, -0.1) is 0 Å². The third-order valence-corrected chi connectivity index (χ3v) is 3.76. The van der Waals surface area contributed by atoms with Crippen LogP contribution in [-0.2, 0) is 4.74 Å². The Morgan fingerprint density at radius 2 is 1.85 bits per heavy atom. The van der Waals surface area contributed by atoms with Gasteiger partial charge in [0, 0.05) is 13.1 Å². The van der Waals surface area contributed by atoms with Crippen molar-refractivity contribution < 1.29 is 14.6 Å². The van der Waals surface area contributed by atoms with Gasteiger partial charge in [-0.05, 0) is 20.3 Å². The molecule has 118 valence electrons. The molecule has 1 saturated heterocycles. The summed E-state index contributed by atoms with van der Waals surface area (Å²) in [6.45, 7) is 7.88. The number of rotatable bonds is 8. The lowest BCUT2D eigenvalue weighted by Gasteiger charge is -2.40. The number of hydrogen-bond donors (Lipinski definition) is 2. The molecule has 1 rings (SSSR count). The molecule has 1 aliphatic heterocycles. The molecule has 0 aromatic heterocycles. The summed E-state index contributed by atoms with van der Waals surface area (Å²) in [6, 6.07) is 0. The van der Waals surface area contributed by atoms with E-state index in [2.05, 4.69) is 17.1 Å². The van der Waals surface area contributed by atoms with Gasteiger partial charge in [-0.2, -0.15) is 0 Å². The Morgan fingerprint density at radius 1 is 1.25 bits per heavy atom. The fourth-order valence-corrected chi connectivity index (χ4v) is 2.90. The van der Waals surface area contributed by atoms with Crippen LogP contribution in [-0.4, -0.2) is 47.6 Å². The van der Waals surface area contributed by atoms with E-state index in [4.69, 9.17) is 9.84 Å². The van der Waals surface area contributed by atoms with Gasteiger partial charge in [0.05, 0.1) is 18.4 Å². The van der Waals surface area contributed by atoms with Crippen LogP contribution in [0, 0.1) is 0 Å². The number of carboxylic acid groups (broad SMARTS) is 1. The first-order valence-electron chi connectivity index (χ1n) is 7.92. The summed E-state index contributed by atoms with van der Waals surface area (Å²) in [5, 5.41) is 11.7. The summed E-state index contributed by atoms with van der Waals surface area (Å²) >= 11 is 0. The molecule has 5 heteroatoms. The summed E-state index contributed by atoms with van der Waals surface area (Å²) in [5.41, 5.74) is 0. The molecule has 0 spiro atoms. The first-order valence-corrected chi connectivity index (χ1v) is 7.92. The van der Waals surface area contributed by atoms with Crippen molar-refractivity contribution in [1.82, 2.24) is 10.2 Å². The molecule has 0 aromatic rings. The number of hydrogen-bond acceptors (Lipinski definition) is 3. The fraction of sp³-hybridized carbons (Fsp3) is 0.933. The number of ether oxygens (including phenoxy) is 1. The highest BCUT2D eigenvalue weighted by atomic mass is 16.5. The molecule has 5 nitrogen and oxygen atoms in total. The van der Waals surface area contributed by atoms with E-state index in [0.717, 1.165) is 25.9 Å². The summed E-state index contributed by atoms with van der Waals surface area (Å²) in [6.07, 6.45) is 6.19. The van der Waals surface area contributed by atoms with E-state index in [1.807, 2.05) is 13.8 Å². The summed E-state index contributed by atoms with van der Waals surface area (Å²) in [5.74, 6) is 0. The van der Waals surface area contributed by atoms with Crippen molar-refractivity contribution >= 4 is 6.09 Å². The van der Waals surface area contributed by atoms with Crippen molar-refractivity contribution in [2.45, 2.75) is 77.7 Å². The van der Waals surface area contributed by atoms with E-state index >= 15 is 0 Å². The van der Waals surface area contributed by atoms with Gasteiger partial charge in [-0.3, -0.25) is 4.90 Å². The van der Waals surface area contributed by atoms with E-state index in [9.17, 15) is 4.79 Å². The predicted molar refractivity (Wildman–Crippen MR) is 79.9 cm³/mol. The Labute approximate surface area is 122 Å². The van der Waals surface area contributed by atoms with Crippen LogP contribution in [0.3, 0.4) is 0 Å². The molecule has 1 fully saturated rings. The summed E-state index contributed by atoms with van der Waals surface area (Å²) in [7, 11) is 0. The van der Waals surface area contributed by atoms with Gasteiger partial charge in [0.1, 0.15) is 0 Å². The van der Waals surface area contributed by atoms with E-state index in [1.54, 1.807) is 0 Å². The van der Waals surface area contributed by atoms with Crippen LogP contribution < -0.4 is 5.32 Å². The van der Waals surface area contributed by atoms with Gasteiger partial charge in [0.2, 0.25) is 0 Å². The second-order valence-electron chi connectivity index (χ2n) is 5.88. The zero-order valence-electron chi connectivity index (χ0n) is 13.1.